The second-order valence-corrected chi connectivity index (χ2v) is 7.59. The van der Waals surface area contributed by atoms with E-state index in [4.69, 9.17) is 0 Å². The summed E-state index contributed by atoms with van der Waals surface area (Å²) < 4.78 is 42.2. The van der Waals surface area contributed by atoms with E-state index in [9.17, 15) is 13.2 Å². The van der Waals surface area contributed by atoms with Gasteiger partial charge in [0.25, 0.3) is 5.92 Å². The van der Waals surface area contributed by atoms with Crippen molar-refractivity contribution in [1.82, 2.24) is 15.3 Å². The third-order valence-corrected chi connectivity index (χ3v) is 5.36. The molecule has 0 saturated carbocycles. The molecule has 30 heavy (non-hydrogen) atoms. The van der Waals surface area contributed by atoms with Gasteiger partial charge in [0.05, 0.1) is 29.0 Å². The lowest BCUT2D eigenvalue weighted by molar-refractivity contribution is 0.0136. The second-order valence-electron chi connectivity index (χ2n) is 7.59. The zero-order valence-electron chi connectivity index (χ0n) is 16.8. The highest BCUT2D eigenvalue weighted by Gasteiger charge is 2.30. The number of alkyl halides is 2. The quantitative estimate of drug-likeness (QED) is 0.587. The summed E-state index contributed by atoms with van der Waals surface area (Å²) in [5.74, 6) is -4.13. The van der Waals surface area contributed by atoms with Crippen LogP contribution in [0.3, 0.4) is 0 Å². The fraction of sp³-hybridized carbons (Fsp3) is 0.304. The number of fused-ring (bicyclic) bond motifs is 1. The van der Waals surface area contributed by atoms with Gasteiger partial charge in [-0.1, -0.05) is 24.3 Å². The first-order chi connectivity index (χ1) is 14.3. The summed E-state index contributed by atoms with van der Waals surface area (Å²) in [5, 5.41) is 7.40. The van der Waals surface area contributed by atoms with E-state index in [1.165, 1.54) is 17.7 Å². The Hall–Kier alpha value is -2.93. The summed E-state index contributed by atoms with van der Waals surface area (Å²) in [7, 11) is 0. The van der Waals surface area contributed by atoms with Gasteiger partial charge in [-0.3, -0.25) is 9.97 Å². The molecule has 0 fully saturated rings. The molecular formula is C23H23F3N4. The number of anilines is 1. The maximum atomic E-state index is 14.8. The predicted molar refractivity (Wildman–Crippen MR) is 113 cm³/mol. The molecule has 0 spiro atoms. The number of benzene rings is 1. The lowest BCUT2D eigenvalue weighted by atomic mass is 10.00. The highest BCUT2D eigenvalue weighted by molar-refractivity contribution is 5.92. The van der Waals surface area contributed by atoms with Crippen molar-refractivity contribution < 1.29 is 13.2 Å². The van der Waals surface area contributed by atoms with Gasteiger partial charge in [-0.2, -0.15) is 0 Å². The number of halogens is 3. The Morgan fingerprint density at radius 1 is 1.20 bits per heavy atom. The Morgan fingerprint density at radius 3 is 2.77 bits per heavy atom. The minimum absolute atomic E-state index is 0.189. The van der Waals surface area contributed by atoms with Gasteiger partial charge >= 0.3 is 0 Å². The first-order valence-corrected chi connectivity index (χ1v) is 9.92. The van der Waals surface area contributed by atoms with E-state index < -0.39 is 23.3 Å². The number of nitrogens with one attached hydrogen (secondary N) is 2. The van der Waals surface area contributed by atoms with Gasteiger partial charge < -0.3 is 10.6 Å². The largest absolute Gasteiger partial charge is 0.378 e. The molecule has 2 aromatic heterocycles. The van der Waals surface area contributed by atoms with Crippen LogP contribution in [-0.2, 0) is 5.92 Å². The Kier molecular flexibility index (Phi) is 5.47. The fourth-order valence-electron chi connectivity index (χ4n) is 3.74. The number of pyridine rings is 2. The number of nitrogens with zero attached hydrogens (tertiary/aromatic N) is 2. The minimum Gasteiger partial charge on any atom is -0.378 e. The molecule has 0 bridgehead atoms. The molecule has 2 N–H and O–H groups in total. The first-order valence-electron chi connectivity index (χ1n) is 9.92. The zero-order chi connectivity index (χ0) is 21.3. The van der Waals surface area contributed by atoms with Crippen LogP contribution in [0.4, 0.5) is 18.9 Å². The van der Waals surface area contributed by atoms with Crippen molar-refractivity contribution in [2.24, 2.45) is 0 Å². The molecule has 3 aromatic rings. The van der Waals surface area contributed by atoms with E-state index in [1.807, 2.05) is 6.07 Å². The molecule has 4 rings (SSSR count). The maximum absolute atomic E-state index is 14.8. The SMILES string of the molecule is C[C@@H](Nc1ccnc2cnc(C3=CCNCC3)cc12)c1cccc(C(C)(F)F)c1F. The van der Waals surface area contributed by atoms with Gasteiger partial charge in [-0.25, -0.2) is 13.2 Å². The van der Waals surface area contributed by atoms with Crippen LogP contribution in [0.5, 0.6) is 0 Å². The standard InChI is InChI=1S/C23H23F3N4/c1-14(16-4-3-5-18(22(16)24)23(2,25)26)30-19-8-11-28-21-13-29-20(12-17(19)21)15-6-9-27-10-7-15/h3-6,8,11-14,27H,7,9-10H2,1-2H3,(H,28,30)/t14-/m1/s1. The van der Waals surface area contributed by atoms with Crippen molar-refractivity contribution in [2.45, 2.75) is 32.2 Å². The number of hydrogen-bond acceptors (Lipinski definition) is 4. The average Bonchev–Trinajstić information content (AvgIpc) is 2.73. The first kappa shape index (κ1) is 20.3. The monoisotopic (exact) mass is 412 g/mol. The van der Waals surface area contributed by atoms with Gasteiger partial charge in [0.1, 0.15) is 5.82 Å². The van der Waals surface area contributed by atoms with Crippen molar-refractivity contribution in [1.29, 1.82) is 0 Å². The van der Waals surface area contributed by atoms with Gasteiger partial charge in [0.2, 0.25) is 0 Å². The third-order valence-electron chi connectivity index (χ3n) is 5.36. The van der Waals surface area contributed by atoms with Crippen LogP contribution in [0.25, 0.3) is 16.5 Å². The topological polar surface area (TPSA) is 49.8 Å². The zero-order valence-corrected chi connectivity index (χ0v) is 16.8. The summed E-state index contributed by atoms with van der Waals surface area (Å²) in [6.07, 6.45) is 6.38. The molecule has 0 unspecified atom stereocenters. The average molecular weight is 412 g/mol. The molecule has 0 amide bonds. The van der Waals surface area contributed by atoms with Crippen LogP contribution in [0.15, 0.2) is 48.8 Å². The predicted octanol–water partition coefficient (Wildman–Crippen LogP) is 5.43. The Balaban J connectivity index is 1.69. The Morgan fingerprint density at radius 2 is 2.03 bits per heavy atom. The van der Waals surface area contributed by atoms with Gasteiger partial charge in [-0.15, -0.1) is 0 Å². The summed E-state index contributed by atoms with van der Waals surface area (Å²) in [6, 6.07) is 7.36. The molecule has 3 heterocycles. The molecular weight excluding hydrogens is 389 g/mol. The van der Waals surface area contributed by atoms with Gasteiger partial charge in [0, 0.05) is 36.3 Å². The summed E-state index contributed by atoms with van der Waals surface area (Å²) in [6.45, 7) is 4.16. The van der Waals surface area contributed by atoms with Crippen LogP contribution in [-0.4, -0.2) is 23.1 Å². The molecule has 0 saturated heterocycles. The lowest BCUT2D eigenvalue weighted by Gasteiger charge is -2.21. The van der Waals surface area contributed by atoms with E-state index >= 15 is 0 Å². The van der Waals surface area contributed by atoms with Crippen molar-refractivity contribution in [2.75, 3.05) is 18.4 Å². The van der Waals surface area contributed by atoms with E-state index in [2.05, 4.69) is 26.7 Å². The fourth-order valence-corrected chi connectivity index (χ4v) is 3.74. The molecule has 156 valence electrons. The number of aromatic nitrogens is 2. The van der Waals surface area contributed by atoms with Crippen LogP contribution in [0.2, 0.25) is 0 Å². The normalized spacial score (nSPS) is 15.7. The summed E-state index contributed by atoms with van der Waals surface area (Å²) >= 11 is 0. The van der Waals surface area contributed by atoms with Crippen molar-refractivity contribution in [3.63, 3.8) is 0 Å². The molecule has 0 aliphatic carbocycles. The van der Waals surface area contributed by atoms with Crippen LogP contribution in [0, 0.1) is 5.82 Å². The molecule has 4 nitrogen and oxygen atoms in total. The van der Waals surface area contributed by atoms with E-state index in [1.54, 1.807) is 25.4 Å². The van der Waals surface area contributed by atoms with Crippen molar-refractivity contribution >= 4 is 22.2 Å². The van der Waals surface area contributed by atoms with Crippen molar-refractivity contribution in [3.05, 3.63) is 71.4 Å². The van der Waals surface area contributed by atoms with Gasteiger partial charge in [-0.05, 0) is 37.6 Å². The smallest absolute Gasteiger partial charge is 0.273 e. The molecule has 1 aliphatic heterocycles. The maximum Gasteiger partial charge on any atom is 0.273 e. The third kappa shape index (κ3) is 4.03. The van der Waals surface area contributed by atoms with Gasteiger partial charge in [0.15, 0.2) is 0 Å². The van der Waals surface area contributed by atoms with Crippen LogP contribution >= 0.6 is 0 Å². The molecule has 1 aliphatic rings. The Labute approximate surface area is 173 Å². The summed E-state index contributed by atoms with van der Waals surface area (Å²) in [4.78, 5) is 8.90. The van der Waals surface area contributed by atoms with E-state index in [0.717, 1.165) is 42.3 Å². The lowest BCUT2D eigenvalue weighted by Crippen LogP contribution is -2.20. The molecule has 1 atom stereocenters. The van der Waals surface area contributed by atoms with Crippen LogP contribution in [0.1, 0.15) is 43.1 Å². The Bertz CT molecular complexity index is 1110. The highest BCUT2D eigenvalue weighted by Crippen LogP contribution is 2.34. The van der Waals surface area contributed by atoms with Crippen molar-refractivity contribution in [3.8, 4) is 0 Å². The molecule has 1 aromatic carbocycles. The van der Waals surface area contributed by atoms with E-state index in [0.29, 0.717) is 12.4 Å². The number of hydrogen-bond donors (Lipinski definition) is 2. The molecule has 7 heteroatoms. The van der Waals surface area contributed by atoms with E-state index in [-0.39, 0.29) is 5.56 Å². The van der Waals surface area contributed by atoms with Crippen LogP contribution < -0.4 is 10.6 Å². The summed E-state index contributed by atoms with van der Waals surface area (Å²) in [5.41, 5.74) is 3.10. The highest BCUT2D eigenvalue weighted by atomic mass is 19.3. The second kappa shape index (κ2) is 8.07. The molecule has 0 radical (unpaired) electrons. The number of rotatable bonds is 5. The minimum atomic E-state index is -3.24.